The topological polar surface area (TPSA) is 113 Å². The Balaban J connectivity index is 1.69. The number of anilines is 2. The number of nitrogens with zero attached hydrogens (tertiary/aromatic N) is 3. The van der Waals surface area contributed by atoms with Crippen LogP contribution in [0.1, 0.15) is 42.4 Å². The number of imide groups is 2. The Labute approximate surface area is 196 Å². The molecule has 2 saturated heterocycles. The van der Waals surface area contributed by atoms with E-state index in [0.29, 0.717) is 24.2 Å². The molecule has 1 spiro atoms. The maximum atomic E-state index is 14.2. The van der Waals surface area contributed by atoms with Gasteiger partial charge in [0.2, 0.25) is 5.91 Å². The number of rotatable bonds is 2. The number of fused-ring (bicyclic) bond motifs is 4. The first-order valence-electron chi connectivity index (χ1n) is 11.6. The molecule has 3 heterocycles. The molecule has 34 heavy (non-hydrogen) atoms. The van der Waals surface area contributed by atoms with Gasteiger partial charge in [-0.15, -0.1) is 0 Å². The van der Waals surface area contributed by atoms with Crippen molar-refractivity contribution in [1.29, 1.82) is 0 Å². The average molecular weight is 463 g/mol. The van der Waals surface area contributed by atoms with Crippen molar-refractivity contribution in [3.05, 3.63) is 63.2 Å². The van der Waals surface area contributed by atoms with Crippen molar-refractivity contribution in [3.63, 3.8) is 0 Å². The number of benzene rings is 2. The van der Waals surface area contributed by atoms with E-state index in [9.17, 15) is 24.5 Å². The van der Waals surface area contributed by atoms with Crippen LogP contribution in [0.15, 0.2) is 36.4 Å². The molecular weight excluding hydrogens is 436 g/mol. The number of urea groups is 1. The van der Waals surface area contributed by atoms with Crippen molar-refractivity contribution in [1.82, 2.24) is 5.32 Å². The van der Waals surface area contributed by atoms with E-state index in [-0.39, 0.29) is 12.1 Å². The number of hydrogen-bond acceptors (Lipinski definition) is 6. The summed E-state index contributed by atoms with van der Waals surface area (Å²) in [5.41, 5.74) is 1.92. The first-order valence-corrected chi connectivity index (χ1v) is 11.6. The fraction of sp³-hybridized carbons (Fsp3) is 0.400. The fourth-order valence-corrected chi connectivity index (χ4v) is 5.81. The number of carbonyl (C=O) groups is 3. The molecule has 4 amide bonds. The summed E-state index contributed by atoms with van der Waals surface area (Å²) < 4.78 is 0. The quantitative estimate of drug-likeness (QED) is 0.413. The third-order valence-corrected chi connectivity index (χ3v) is 7.38. The molecule has 2 aromatic carbocycles. The predicted octanol–water partition coefficient (Wildman–Crippen LogP) is 3.79. The first kappa shape index (κ1) is 22.1. The summed E-state index contributed by atoms with van der Waals surface area (Å²) in [6.07, 6.45) is 3.32. The van der Waals surface area contributed by atoms with E-state index in [1.165, 1.54) is 12.1 Å². The Hall–Kier alpha value is -3.75. The highest BCUT2D eigenvalue weighted by molar-refractivity contribution is 6.31. The largest absolute Gasteiger partial charge is 0.367 e. The van der Waals surface area contributed by atoms with Crippen molar-refractivity contribution in [2.75, 3.05) is 16.3 Å². The summed E-state index contributed by atoms with van der Waals surface area (Å²) in [5.74, 6) is -1.19. The zero-order chi connectivity index (χ0) is 24.2. The Morgan fingerprint density at radius 3 is 2.53 bits per heavy atom. The van der Waals surface area contributed by atoms with Gasteiger partial charge in [0.25, 0.3) is 11.6 Å². The molecule has 2 atom stereocenters. The van der Waals surface area contributed by atoms with Crippen LogP contribution in [-0.2, 0) is 16.0 Å². The lowest BCUT2D eigenvalue weighted by Gasteiger charge is -2.51. The van der Waals surface area contributed by atoms with E-state index in [1.807, 2.05) is 26.0 Å². The number of aryl methyl sites for hydroxylation is 2. The standard InChI is InChI=1S/C25H26N4O5/c1-15-7-9-19(16(2)12-15)28-23(31)25(22(30)26-24(28)32)14-17-13-18(29(33)34)8-10-20(17)27-11-5-3-4-6-21(25)27/h7-10,12-13,21H,3-6,11,14H2,1-2H3,(H,26,30,32)/t21-,25+/m1/s1. The highest BCUT2D eigenvalue weighted by atomic mass is 16.6. The molecule has 2 aromatic rings. The van der Waals surface area contributed by atoms with Crippen LogP contribution in [0.3, 0.4) is 0 Å². The minimum absolute atomic E-state index is 0.00450. The van der Waals surface area contributed by atoms with Gasteiger partial charge in [-0.1, -0.05) is 30.5 Å². The summed E-state index contributed by atoms with van der Waals surface area (Å²) in [6, 6.07) is 8.86. The molecule has 176 valence electrons. The van der Waals surface area contributed by atoms with Crippen molar-refractivity contribution >= 4 is 34.9 Å². The lowest BCUT2D eigenvalue weighted by molar-refractivity contribution is -0.384. The first-order chi connectivity index (χ1) is 16.2. The number of carbonyl (C=O) groups excluding carboxylic acids is 3. The number of amides is 4. The van der Waals surface area contributed by atoms with E-state index in [4.69, 9.17) is 0 Å². The summed E-state index contributed by atoms with van der Waals surface area (Å²) in [6.45, 7) is 4.38. The van der Waals surface area contributed by atoms with Crippen LogP contribution in [0.25, 0.3) is 0 Å². The van der Waals surface area contributed by atoms with Gasteiger partial charge in [0, 0.05) is 30.8 Å². The van der Waals surface area contributed by atoms with Crippen LogP contribution < -0.4 is 15.1 Å². The molecule has 0 aromatic heterocycles. The molecule has 0 aliphatic carbocycles. The van der Waals surface area contributed by atoms with Crippen LogP contribution >= 0.6 is 0 Å². The van der Waals surface area contributed by atoms with Crippen LogP contribution in [0.2, 0.25) is 0 Å². The Bertz CT molecular complexity index is 1240. The highest BCUT2D eigenvalue weighted by Gasteiger charge is 2.62. The van der Waals surface area contributed by atoms with Crippen molar-refractivity contribution < 1.29 is 19.3 Å². The van der Waals surface area contributed by atoms with Gasteiger partial charge in [0.05, 0.1) is 16.7 Å². The maximum absolute atomic E-state index is 14.2. The van der Waals surface area contributed by atoms with Crippen LogP contribution in [0.5, 0.6) is 0 Å². The molecule has 0 saturated carbocycles. The number of nitrogens with one attached hydrogen (secondary N) is 1. The molecule has 0 bridgehead atoms. The molecular formula is C25H26N4O5. The van der Waals surface area contributed by atoms with Gasteiger partial charge in [-0.2, -0.15) is 0 Å². The third-order valence-electron chi connectivity index (χ3n) is 7.38. The zero-order valence-electron chi connectivity index (χ0n) is 19.2. The second-order valence-corrected chi connectivity index (χ2v) is 9.47. The highest BCUT2D eigenvalue weighted by Crippen LogP contribution is 2.48. The predicted molar refractivity (Wildman–Crippen MR) is 126 cm³/mol. The Morgan fingerprint density at radius 1 is 1.03 bits per heavy atom. The van der Waals surface area contributed by atoms with Gasteiger partial charge in [-0.3, -0.25) is 25.0 Å². The number of nitro benzene ring substituents is 1. The van der Waals surface area contributed by atoms with Crippen molar-refractivity contribution in [2.24, 2.45) is 5.41 Å². The monoisotopic (exact) mass is 462 g/mol. The van der Waals surface area contributed by atoms with Crippen LogP contribution in [-0.4, -0.2) is 35.4 Å². The van der Waals surface area contributed by atoms with Crippen molar-refractivity contribution in [2.45, 2.75) is 52.0 Å². The van der Waals surface area contributed by atoms with Gasteiger partial charge in [0.1, 0.15) is 0 Å². The summed E-state index contributed by atoms with van der Waals surface area (Å²) in [5, 5.41) is 13.9. The number of hydrogen-bond donors (Lipinski definition) is 1. The summed E-state index contributed by atoms with van der Waals surface area (Å²) in [4.78, 5) is 54.9. The minimum Gasteiger partial charge on any atom is -0.367 e. The summed E-state index contributed by atoms with van der Waals surface area (Å²) >= 11 is 0. The van der Waals surface area contributed by atoms with Gasteiger partial charge in [-0.25, -0.2) is 9.69 Å². The lowest BCUT2D eigenvalue weighted by atomic mass is 9.67. The van der Waals surface area contributed by atoms with E-state index >= 15 is 0 Å². The smallest absolute Gasteiger partial charge is 0.335 e. The van der Waals surface area contributed by atoms with Gasteiger partial charge < -0.3 is 4.90 Å². The molecule has 0 radical (unpaired) electrons. The van der Waals surface area contributed by atoms with E-state index in [0.717, 1.165) is 41.0 Å². The number of non-ortho nitro benzene ring substituents is 1. The van der Waals surface area contributed by atoms with Gasteiger partial charge >= 0.3 is 6.03 Å². The molecule has 9 nitrogen and oxygen atoms in total. The zero-order valence-corrected chi connectivity index (χ0v) is 19.2. The van der Waals surface area contributed by atoms with Gasteiger partial charge in [0.15, 0.2) is 5.41 Å². The molecule has 0 unspecified atom stereocenters. The SMILES string of the molecule is Cc1ccc(N2C(=O)NC(=O)[C@@]3(Cc4cc([N+](=O)[O-])ccc4N4CCCCC[C@@H]43)C2=O)c(C)c1. The van der Waals surface area contributed by atoms with Gasteiger partial charge in [-0.05, 0) is 49.9 Å². The Kier molecular flexibility index (Phi) is 5.15. The number of nitro groups is 1. The third kappa shape index (κ3) is 3.18. The van der Waals surface area contributed by atoms with Crippen molar-refractivity contribution in [3.8, 4) is 0 Å². The Morgan fingerprint density at radius 2 is 1.79 bits per heavy atom. The fourth-order valence-electron chi connectivity index (χ4n) is 5.81. The summed E-state index contributed by atoms with van der Waals surface area (Å²) in [7, 11) is 0. The second kappa shape index (κ2) is 7.93. The second-order valence-electron chi connectivity index (χ2n) is 9.47. The minimum atomic E-state index is -1.56. The van der Waals surface area contributed by atoms with E-state index in [1.54, 1.807) is 12.1 Å². The maximum Gasteiger partial charge on any atom is 0.335 e. The number of barbiturate groups is 1. The normalized spacial score (nSPS) is 24.4. The molecule has 3 aliphatic heterocycles. The van der Waals surface area contributed by atoms with Crippen LogP contribution in [0.4, 0.5) is 21.9 Å². The molecule has 1 N–H and O–H groups in total. The lowest BCUT2D eigenvalue weighted by Crippen LogP contribution is -2.72. The molecule has 2 fully saturated rings. The molecule has 5 rings (SSSR count). The van der Waals surface area contributed by atoms with E-state index in [2.05, 4.69) is 10.2 Å². The molecule has 3 aliphatic rings. The van der Waals surface area contributed by atoms with E-state index < -0.39 is 34.2 Å². The molecule has 9 heteroatoms. The average Bonchev–Trinajstić information content (AvgIpc) is 3.05. The van der Waals surface area contributed by atoms with Crippen LogP contribution in [0, 0.1) is 29.4 Å².